The molecule has 82 valence electrons. The molecule has 3 nitrogen and oxygen atoms in total. The highest BCUT2D eigenvalue weighted by atomic mass is 32.1. The molecule has 2 heterocycles. The molecule has 2 rings (SSSR count). The van der Waals surface area contributed by atoms with Gasteiger partial charge in [0, 0.05) is 19.6 Å². The largest absolute Gasteiger partial charge is 0.337 e. The van der Waals surface area contributed by atoms with E-state index in [0.717, 1.165) is 37.5 Å². The van der Waals surface area contributed by atoms with E-state index in [0.29, 0.717) is 0 Å². The van der Waals surface area contributed by atoms with Gasteiger partial charge in [0.1, 0.15) is 0 Å². The number of nitrogens with zero attached hydrogens (tertiary/aromatic N) is 1. The lowest BCUT2D eigenvalue weighted by molar-refractivity contribution is 0.0771. The number of carbonyl (C=O) groups is 1. The second-order valence-corrected chi connectivity index (χ2v) is 4.80. The van der Waals surface area contributed by atoms with Gasteiger partial charge in [-0.05, 0) is 36.9 Å². The topological polar surface area (TPSA) is 32.3 Å². The summed E-state index contributed by atoms with van der Waals surface area (Å²) >= 11 is 1.55. The molecule has 1 aromatic heterocycles. The molecular weight excluding hydrogens is 208 g/mol. The molecule has 15 heavy (non-hydrogen) atoms. The Balaban J connectivity index is 2.06. The average molecular weight is 224 g/mol. The van der Waals surface area contributed by atoms with Crippen molar-refractivity contribution in [2.24, 2.45) is 0 Å². The van der Waals surface area contributed by atoms with Crippen LogP contribution in [0.25, 0.3) is 0 Å². The molecule has 0 atom stereocenters. The van der Waals surface area contributed by atoms with Crippen LogP contribution >= 0.6 is 11.3 Å². The molecule has 0 aromatic carbocycles. The molecule has 1 amide bonds. The lowest BCUT2D eigenvalue weighted by Gasteiger charge is -2.18. The Kier molecular flexibility index (Phi) is 3.38. The van der Waals surface area contributed by atoms with Crippen molar-refractivity contribution in [3.63, 3.8) is 0 Å². The van der Waals surface area contributed by atoms with Crippen molar-refractivity contribution < 1.29 is 4.79 Å². The number of amides is 1. The fraction of sp³-hybridized carbons (Fsp3) is 0.545. The third-order valence-corrected chi connectivity index (χ3v) is 3.60. The Labute approximate surface area is 94.1 Å². The van der Waals surface area contributed by atoms with E-state index in [2.05, 4.69) is 5.32 Å². The molecule has 1 aromatic rings. The van der Waals surface area contributed by atoms with E-state index in [9.17, 15) is 4.79 Å². The van der Waals surface area contributed by atoms with Gasteiger partial charge in [-0.1, -0.05) is 0 Å². The van der Waals surface area contributed by atoms with E-state index in [-0.39, 0.29) is 5.91 Å². The first-order chi connectivity index (χ1) is 7.27. The van der Waals surface area contributed by atoms with E-state index in [1.165, 1.54) is 5.56 Å². The lowest BCUT2D eigenvalue weighted by Crippen LogP contribution is -2.33. The summed E-state index contributed by atoms with van der Waals surface area (Å²) in [5.41, 5.74) is 1.18. The molecule has 0 unspecified atom stereocenters. The number of aryl methyl sites for hydroxylation is 1. The fourth-order valence-electron chi connectivity index (χ4n) is 1.75. The molecule has 1 saturated heterocycles. The van der Waals surface area contributed by atoms with Crippen molar-refractivity contribution in [2.75, 3.05) is 26.2 Å². The summed E-state index contributed by atoms with van der Waals surface area (Å²) < 4.78 is 0. The van der Waals surface area contributed by atoms with Crippen molar-refractivity contribution in [1.82, 2.24) is 10.2 Å². The van der Waals surface area contributed by atoms with Crippen molar-refractivity contribution in [3.05, 3.63) is 21.9 Å². The second-order valence-electron chi connectivity index (χ2n) is 3.88. The maximum absolute atomic E-state index is 12.1. The Morgan fingerprint density at radius 2 is 2.33 bits per heavy atom. The quantitative estimate of drug-likeness (QED) is 0.784. The van der Waals surface area contributed by atoms with Crippen LogP contribution in [0.5, 0.6) is 0 Å². The van der Waals surface area contributed by atoms with Crippen LogP contribution in [0.3, 0.4) is 0 Å². The summed E-state index contributed by atoms with van der Waals surface area (Å²) in [6.07, 6.45) is 1.05. The molecule has 0 aliphatic carbocycles. The summed E-state index contributed by atoms with van der Waals surface area (Å²) in [6, 6.07) is 1.98. The van der Waals surface area contributed by atoms with Gasteiger partial charge in [-0.25, -0.2) is 0 Å². The van der Waals surface area contributed by atoms with Crippen LogP contribution in [-0.2, 0) is 0 Å². The number of thiophene rings is 1. The molecule has 0 radical (unpaired) electrons. The highest BCUT2D eigenvalue weighted by molar-refractivity contribution is 7.12. The van der Waals surface area contributed by atoms with Crippen LogP contribution in [0.4, 0.5) is 0 Å². The van der Waals surface area contributed by atoms with Crippen LogP contribution in [-0.4, -0.2) is 37.0 Å². The van der Waals surface area contributed by atoms with Gasteiger partial charge in [0.05, 0.1) is 4.88 Å². The van der Waals surface area contributed by atoms with E-state index < -0.39 is 0 Å². The number of hydrogen-bond acceptors (Lipinski definition) is 3. The predicted molar refractivity (Wildman–Crippen MR) is 62.4 cm³/mol. The summed E-state index contributed by atoms with van der Waals surface area (Å²) in [6.45, 7) is 5.67. The zero-order valence-corrected chi connectivity index (χ0v) is 9.77. The maximum Gasteiger partial charge on any atom is 0.263 e. The van der Waals surface area contributed by atoms with Gasteiger partial charge < -0.3 is 10.2 Å². The normalized spacial score (nSPS) is 17.5. The van der Waals surface area contributed by atoms with Gasteiger partial charge >= 0.3 is 0 Å². The van der Waals surface area contributed by atoms with Crippen molar-refractivity contribution >= 4 is 17.2 Å². The molecule has 1 aliphatic heterocycles. The van der Waals surface area contributed by atoms with E-state index >= 15 is 0 Å². The minimum absolute atomic E-state index is 0.191. The monoisotopic (exact) mass is 224 g/mol. The molecule has 0 spiro atoms. The standard InChI is InChI=1S/C11H16N2OS/c1-9-7-10(15-8-9)11(14)13-5-2-3-12-4-6-13/h7-8,12H,2-6H2,1H3. The van der Waals surface area contributed by atoms with Crippen molar-refractivity contribution in [3.8, 4) is 0 Å². The maximum atomic E-state index is 12.1. The first kappa shape index (κ1) is 10.6. The van der Waals surface area contributed by atoms with Gasteiger partial charge in [0.2, 0.25) is 0 Å². The lowest BCUT2D eigenvalue weighted by atomic mass is 10.3. The van der Waals surface area contributed by atoms with Crippen molar-refractivity contribution in [2.45, 2.75) is 13.3 Å². The van der Waals surface area contributed by atoms with Crippen LogP contribution in [0.2, 0.25) is 0 Å². The minimum Gasteiger partial charge on any atom is -0.337 e. The predicted octanol–water partition coefficient (Wildman–Crippen LogP) is 1.49. The average Bonchev–Trinajstić information content (AvgIpc) is 2.53. The summed E-state index contributed by atoms with van der Waals surface area (Å²) in [7, 11) is 0. The molecule has 1 aliphatic rings. The number of carbonyl (C=O) groups excluding carboxylic acids is 1. The molecule has 1 N–H and O–H groups in total. The zero-order chi connectivity index (χ0) is 10.7. The van der Waals surface area contributed by atoms with Gasteiger partial charge in [0.15, 0.2) is 0 Å². The highest BCUT2D eigenvalue weighted by Gasteiger charge is 2.17. The Bertz CT molecular complexity index is 340. The summed E-state index contributed by atoms with van der Waals surface area (Å²) in [5.74, 6) is 0.191. The van der Waals surface area contributed by atoms with E-state index in [1.54, 1.807) is 11.3 Å². The second kappa shape index (κ2) is 4.77. The Hall–Kier alpha value is -0.870. The molecule has 0 bridgehead atoms. The Morgan fingerprint density at radius 3 is 3.07 bits per heavy atom. The first-order valence-corrected chi connectivity index (χ1v) is 6.20. The van der Waals surface area contributed by atoms with E-state index in [4.69, 9.17) is 0 Å². The number of rotatable bonds is 1. The highest BCUT2D eigenvalue weighted by Crippen LogP contribution is 2.16. The first-order valence-electron chi connectivity index (χ1n) is 5.32. The zero-order valence-electron chi connectivity index (χ0n) is 8.95. The third-order valence-electron chi connectivity index (χ3n) is 2.57. The number of nitrogens with one attached hydrogen (secondary N) is 1. The Morgan fingerprint density at radius 1 is 1.47 bits per heavy atom. The molecule has 1 fully saturated rings. The minimum atomic E-state index is 0.191. The van der Waals surface area contributed by atoms with Gasteiger partial charge in [0.25, 0.3) is 5.91 Å². The third kappa shape index (κ3) is 2.58. The van der Waals surface area contributed by atoms with Crippen LogP contribution < -0.4 is 5.32 Å². The molecule has 4 heteroatoms. The molecule has 0 saturated carbocycles. The van der Waals surface area contributed by atoms with Crippen LogP contribution in [0.1, 0.15) is 21.7 Å². The smallest absolute Gasteiger partial charge is 0.263 e. The van der Waals surface area contributed by atoms with Gasteiger partial charge in [-0.2, -0.15) is 0 Å². The van der Waals surface area contributed by atoms with Crippen LogP contribution in [0, 0.1) is 6.92 Å². The molecular formula is C11H16N2OS. The van der Waals surface area contributed by atoms with Gasteiger partial charge in [-0.15, -0.1) is 11.3 Å². The summed E-state index contributed by atoms with van der Waals surface area (Å²) in [5, 5.41) is 5.33. The van der Waals surface area contributed by atoms with Crippen molar-refractivity contribution in [1.29, 1.82) is 0 Å². The SMILES string of the molecule is Cc1csc(C(=O)N2CCCNCC2)c1. The van der Waals surface area contributed by atoms with Crippen LogP contribution in [0.15, 0.2) is 11.4 Å². The number of hydrogen-bond donors (Lipinski definition) is 1. The fourth-order valence-corrected chi connectivity index (χ4v) is 2.61. The summed E-state index contributed by atoms with van der Waals surface area (Å²) in [4.78, 5) is 14.9. The van der Waals surface area contributed by atoms with E-state index in [1.807, 2.05) is 23.3 Å². The van der Waals surface area contributed by atoms with Gasteiger partial charge in [-0.3, -0.25) is 4.79 Å².